The molecule has 0 aromatic heterocycles. The van der Waals surface area contributed by atoms with E-state index in [1.807, 2.05) is 0 Å². The molecule has 1 rings (SSSR count). The lowest BCUT2D eigenvalue weighted by atomic mass is 10.2. The highest BCUT2D eigenvalue weighted by molar-refractivity contribution is 5.73. The van der Waals surface area contributed by atoms with Crippen LogP contribution in [0.2, 0.25) is 0 Å². The number of benzene rings is 1. The Kier molecular flexibility index (Phi) is 5.25. The molecule has 1 unspecified atom stereocenters. The molecule has 0 radical (unpaired) electrons. The molecule has 0 aliphatic carbocycles. The second-order valence-electron chi connectivity index (χ2n) is 3.97. The Balaban J connectivity index is 2.66. The SMILES string of the molecule is CNC(CCOc1cccc([N+](=O)[O-])c1C)C(=O)O. The number of rotatable bonds is 7. The van der Waals surface area contributed by atoms with Gasteiger partial charge in [-0.25, -0.2) is 0 Å². The number of carbonyl (C=O) groups is 1. The number of carboxylic acid groups (broad SMARTS) is 1. The highest BCUT2D eigenvalue weighted by Gasteiger charge is 2.17. The van der Waals surface area contributed by atoms with Gasteiger partial charge in [0, 0.05) is 12.5 Å². The maximum absolute atomic E-state index is 10.8. The first-order valence-corrected chi connectivity index (χ1v) is 5.74. The van der Waals surface area contributed by atoms with Gasteiger partial charge in [-0.2, -0.15) is 0 Å². The van der Waals surface area contributed by atoms with Gasteiger partial charge in [-0.1, -0.05) is 6.07 Å². The fourth-order valence-corrected chi connectivity index (χ4v) is 1.64. The molecule has 104 valence electrons. The van der Waals surface area contributed by atoms with Crippen LogP contribution >= 0.6 is 0 Å². The van der Waals surface area contributed by atoms with E-state index in [1.165, 1.54) is 12.1 Å². The first-order valence-electron chi connectivity index (χ1n) is 5.74. The number of carboxylic acids is 1. The van der Waals surface area contributed by atoms with E-state index < -0.39 is 16.9 Å². The van der Waals surface area contributed by atoms with Crippen LogP contribution in [0.3, 0.4) is 0 Å². The van der Waals surface area contributed by atoms with Crippen LogP contribution < -0.4 is 10.1 Å². The zero-order valence-electron chi connectivity index (χ0n) is 10.8. The molecule has 0 bridgehead atoms. The molecule has 19 heavy (non-hydrogen) atoms. The minimum absolute atomic E-state index is 0.0131. The van der Waals surface area contributed by atoms with Crippen molar-refractivity contribution in [2.75, 3.05) is 13.7 Å². The van der Waals surface area contributed by atoms with Crippen LogP contribution in [0, 0.1) is 17.0 Å². The number of nitrogens with zero attached hydrogens (tertiary/aromatic N) is 1. The predicted molar refractivity (Wildman–Crippen MR) is 68.4 cm³/mol. The molecular formula is C12H16N2O5. The van der Waals surface area contributed by atoms with Crippen molar-refractivity contribution in [3.8, 4) is 5.75 Å². The largest absolute Gasteiger partial charge is 0.493 e. The van der Waals surface area contributed by atoms with Crippen molar-refractivity contribution in [1.29, 1.82) is 0 Å². The van der Waals surface area contributed by atoms with E-state index in [2.05, 4.69) is 5.32 Å². The standard InChI is InChI=1S/C12H16N2O5/c1-8-10(14(17)18)4-3-5-11(8)19-7-6-9(13-2)12(15)16/h3-5,9,13H,6-7H2,1-2H3,(H,15,16). The Bertz CT molecular complexity index is 475. The van der Waals surface area contributed by atoms with E-state index in [9.17, 15) is 14.9 Å². The number of nitrogens with one attached hydrogen (secondary N) is 1. The van der Waals surface area contributed by atoms with Gasteiger partial charge in [0.1, 0.15) is 11.8 Å². The fourth-order valence-electron chi connectivity index (χ4n) is 1.64. The summed E-state index contributed by atoms with van der Waals surface area (Å²) < 4.78 is 5.40. The molecule has 0 saturated carbocycles. The number of nitro benzene ring substituents is 1. The normalized spacial score (nSPS) is 11.9. The van der Waals surface area contributed by atoms with E-state index in [0.29, 0.717) is 11.3 Å². The highest BCUT2D eigenvalue weighted by Crippen LogP contribution is 2.27. The summed E-state index contributed by atoms with van der Waals surface area (Å²) in [5, 5.41) is 22.2. The molecule has 1 aromatic carbocycles. The average molecular weight is 268 g/mol. The number of hydrogen-bond donors (Lipinski definition) is 2. The number of nitro groups is 1. The second-order valence-corrected chi connectivity index (χ2v) is 3.97. The van der Waals surface area contributed by atoms with Gasteiger partial charge in [-0.3, -0.25) is 14.9 Å². The Morgan fingerprint density at radius 1 is 1.58 bits per heavy atom. The molecule has 7 nitrogen and oxygen atoms in total. The zero-order chi connectivity index (χ0) is 14.4. The van der Waals surface area contributed by atoms with E-state index in [4.69, 9.17) is 9.84 Å². The van der Waals surface area contributed by atoms with Crippen LogP contribution in [-0.2, 0) is 4.79 Å². The van der Waals surface area contributed by atoms with Crippen molar-refractivity contribution in [3.63, 3.8) is 0 Å². The summed E-state index contributed by atoms with van der Waals surface area (Å²) in [6.07, 6.45) is 0.272. The Morgan fingerprint density at radius 3 is 2.79 bits per heavy atom. The summed E-state index contributed by atoms with van der Waals surface area (Å²) in [6.45, 7) is 1.76. The van der Waals surface area contributed by atoms with Gasteiger partial charge in [-0.05, 0) is 20.0 Å². The molecule has 0 aliphatic heterocycles. The summed E-state index contributed by atoms with van der Waals surface area (Å²) in [5.41, 5.74) is 0.421. The Morgan fingerprint density at radius 2 is 2.26 bits per heavy atom. The van der Waals surface area contributed by atoms with Crippen molar-refractivity contribution in [3.05, 3.63) is 33.9 Å². The minimum Gasteiger partial charge on any atom is -0.493 e. The third-order valence-electron chi connectivity index (χ3n) is 2.76. The third kappa shape index (κ3) is 3.92. The lowest BCUT2D eigenvalue weighted by molar-refractivity contribution is -0.385. The van der Waals surface area contributed by atoms with Crippen molar-refractivity contribution < 1.29 is 19.6 Å². The lowest BCUT2D eigenvalue weighted by Gasteiger charge is -2.13. The van der Waals surface area contributed by atoms with Gasteiger partial charge in [0.15, 0.2) is 0 Å². The predicted octanol–water partition coefficient (Wildman–Crippen LogP) is 1.34. The molecule has 0 fully saturated rings. The smallest absolute Gasteiger partial charge is 0.320 e. The van der Waals surface area contributed by atoms with Gasteiger partial charge in [0.2, 0.25) is 0 Å². The van der Waals surface area contributed by atoms with Crippen molar-refractivity contribution in [2.45, 2.75) is 19.4 Å². The first kappa shape index (κ1) is 14.9. The lowest BCUT2D eigenvalue weighted by Crippen LogP contribution is -2.35. The molecule has 7 heteroatoms. The summed E-state index contributed by atoms with van der Waals surface area (Å²) >= 11 is 0. The molecule has 1 aromatic rings. The summed E-state index contributed by atoms with van der Waals surface area (Å²) in [6, 6.07) is 3.86. The maximum Gasteiger partial charge on any atom is 0.320 e. The van der Waals surface area contributed by atoms with Crippen LogP contribution in [-0.4, -0.2) is 35.7 Å². The van der Waals surface area contributed by atoms with Crippen molar-refractivity contribution in [2.24, 2.45) is 0 Å². The molecule has 0 aliphatic rings. The van der Waals surface area contributed by atoms with Gasteiger partial charge in [-0.15, -0.1) is 0 Å². The van der Waals surface area contributed by atoms with Crippen LogP contribution in [0.15, 0.2) is 18.2 Å². The topological polar surface area (TPSA) is 102 Å². The number of aliphatic carboxylic acids is 1. The summed E-state index contributed by atoms with van der Waals surface area (Å²) in [7, 11) is 1.55. The van der Waals surface area contributed by atoms with E-state index >= 15 is 0 Å². The van der Waals surface area contributed by atoms with E-state index in [1.54, 1.807) is 20.0 Å². The zero-order valence-corrected chi connectivity index (χ0v) is 10.8. The van der Waals surface area contributed by atoms with Crippen molar-refractivity contribution >= 4 is 11.7 Å². The third-order valence-corrected chi connectivity index (χ3v) is 2.76. The van der Waals surface area contributed by atoms with Gasteiger partial charge in [0.25, 0.3) is 5.69 Å². The van der Waals surface area contributed by atoms with Crippen molar-refractivity contribution in [1.82, 2.24) is 5.32 Å². The number of ether oxygens (including phenoxy) is 1. The van der Waals surface area contributed by atoms with E-state index in [-0.39, 0.29) is 18.7 Å². The quantitative estimate of drug-likeness (QED) is 0.571. The maximum atomic E-state index is 10.8. The minimum atomic E-state index is -0.957. The molecular weight excluding hydrogens is 252 g/mol. The van der Waals surface area contributed by atoms with Crippen LogP contribution in [0.25, 0.3) is 0 Å². The number of hydrogen-bond acceptors (Lipinski definition) is 5. The van der Waals surface area contributed by atoms with Gasteiger partial charge >= 0.3 is 5.97 Å². The van der Waals surface area contributed by atoms with E-state index in [0.717, 1.165) is 0 Å². The molecule has 1 atom stereocenters. The molecule has 0 saturated heterocycles. The van der Waals surface area contributed by atoms with Crippen LogP contribution in [0.1, 0.15) is 12.0 Å². The Hall–Kier alpha value is -2.15. The molecule has 2 N–H and O–H groups in total. The Labute approximate surface area is 110 Å². The summed E-state index contributed by atoms with van der Waals surface area (Å²) in [4.78, 5) is 21.1. The second kappa shape index (κ2) is 6.69. The fraction of sp³-hybridized carbons (Fsp3) is 0.417. The van der Waals surface area contributed by atoms with Crippen LogP contribution in [0.4, 0.5) is 5.69 Å². The van der Waals surface area contributed by atoms with Crippen LogP contribution in [0.5, 0.6) is 5.75 Å². The average Bonchev–Trinajstić information content (AvgIpc) is 2.35. The highest BCUT2D eigenvalue weighted by atomic mass is 16.6. The molecule has 0 spiro atoms. The van der Waals surface area contributed by atoms with Gasteiger partial charge in [0.05, 0.1) is 17.1 Å². The van der Waals surface area contributed by atoms with Gasteiger partial charge < -0.3 is 15.2 Å². The first-order chi connectivity index (χ1) is 8.97. The molecule has 0 amide bonds. The summed E-state index contributed by atoms with van der Waals surface area (Å²) in [5.74, 6) is -0.559. The number of likely N-dealkylation sites (N-methyl/N-ethyl adjacent to an activating group) is 1. The monoisotopic (exact) mass is 268 g/mol. The molecule has 0 heterocycles.